The highest BCUT2D eigenvalue weighted by atomic mass is 32.2. The van der Waals surface area contributed by atoms with E-state index in [1.54, 1.807) is 38.1 Å². The van der Waals surface area contributed by atoms with Gasteiger partial charge in [0, 0.05) is 11.6 Å². The first-order chi connectivity index (χ1) is 16.2. The highest BCUT2D eigenvalue weighted by molar-refractivity contribution is 7.97. The number of rotatable bonds is 8. The zero-order chi connectivity index (χ0) is 25.0. The topological polar surface area (TPSA) is 111 Å². The largest absolute Gasteiger partial charge is 0.493 e. The highest BCUT2D eigenvalue weighted by Crippen LogP contribution is 2.45. The Morgan fingerprint density at radius 3 is 2.38 bits per heavy atom. The molecule has 1 heterocycles. The number of benzene rings is 2. The van der Waals surface area contributed by atoms with Crippen LogP contribution in [0.4, 0.5) is 11.4 Å². The second-order valence-corrected chi connectivity index (χ2v) is 9.02. The summed E-state index contributed by atoms with van der Waals surface area (Å²) in [4.78, 5) is 25.2. The average molecular weight is 487 g/mol. The number of carbonyl (C=O) groups excluding carboxylic acids is 2. The van der Waals surface area contributed by atoms with E-state index < -0.39 is 26.8 Å². The number of anilines is 2. The minimum Gasteiger partial charge on any atom is -0.493 e. The number of allylic oxidation sites excluding steroid dienone is 1. The maximum absolute atomic E-state index is 13.6. The van der Waals surface area contributed by atoms with Crippen LogP contribution in [0.1, 0.15) is 29.8 Å². The minimum atomic E-state index is -4.28. The van der Waals surface area contributed by atoms with E-state index in [1.165, 1.54) is 32.4 Å². The maximum atomic E-state index is 13.6. The molecule has 0 unspecified atom stereocenters. The van der Waals surface area contributed by atoms with Gasteiger partial charge < -0.3 is 19.5 Å². The normalized spacial score (nSPS) is 14.2. The SMILES string of the molecule is C=CCN1c2cc(OC)c(OC)cc2C(C)=C(C(=O)Nc2ccccc2C(=O)OCC)S1(=O)=O. The predicted molar refractivity (Wildman–Crippen MR) is 130 cm³/mol. The first-order valence-electron chi connectivity index (χ1n) is 10.4. The summed E-state index contributed by atoms with van der Waals surface area (Å²) in [5, 5.41) is 2.56. The molecule has 1 amide bonds. The summed E-state index contributed by atoms with van der Waals surface area (Å²) < 4.78 is 44.0. The number of carbonyl (C=O) groups is 2. The van der Waals surface area contributed by atoms with Gasteiger partial charge >= 0.3 is 5.97 Å². The molecule has 0 fully saturated rings. The van der Waals surface area contributed by atoms with Crippen molar-refractivity contribution < 1.29 is 32.2 Å². The predicted octanol–water partition coefficient (Wildman–Crippen LogP) is 3.59. The van der Waals surface area contributed by atoms with E-state index in [-0.39, 0.29) is 30.0 Å². The van der Waals surface area contributed by atoms with E-state index in [1.807, 2.05) is 0 Å². The molecular weight excluding hydrogens is 460 g/mol. The van der Waals surface area contributed by atoms with Crippen molar-refractivity contribution >= 4 is 38.8 Å². The number of hydrogen-bond donors (Lipinski definition) is 1. The van der Waals surface area contributed by atoms with Crippen LogP contribution < -0.4 is 19.1 Å². The minimum absolute atomic E-state index is 0.0751. The summed E-state index contributed by atoms with van der Waals surface area (Å²) in [5.41, 5.74) is 1.29. The van der Waals surface area contributed by atoms with Crippen molar-refractivity contribution in [1.29, 1.82) is 0 Å². The number of sulfonamides is 1. The smallest absolute Gasteiger partial charge is 0.340 e. The quantitative estimate of drug-likeness (QED) is 0.448. The molecule has 0 spiro atoms. The van der Waals surface area contributed by atoms with Crippen molar-refractivity contribution in [2.24, 2.45) is 0 Å². The molecule has 9 nitrogen and oxygen atoms in total. The lowest BCUT2D eigenvalue weighted by Crippen LogP contribution is -2.39. The van der Waals surface area contributed by atoms with Crippen LogP contribution in [-0.2, 0) is 19.6 Å². The third kappa shape index (κ3) is 4.36. The van der Waals surface area contributed by atoms with Crippen molar-refractivity contribution in [3.8, 4) is 11.5 Å². The Morgan fingerprint density at radius 1 is 1.12 bits per heavy atom. The van der Waals surface area contributed by atoms with Gasteiger partial charge in [-0.2, -0.15) is 0 Å². The monoisotopic (exact) mass is 486 g/mol. The Labute approximate surface area is 198 Å². The van der Waals surface area contributed by atoms with E-state index in [0.717, 1.165) is 4.31 Å². The molecule has 34 heavy (non-hydrogen) atoms. The van der Waals surface area contributed by atoms with E-state index >= 15 is 0 Å². The van der Waals surface area contributed by atoms with Gasteiger partial charge in [0.25, 0.3) is 15.9 Å². The zero-order valence-electron chi connectivity index (χ0n) is 19.4. The van der Waals surface area contributed by atoms with Crippen LogP contribution >= 0.6 is 0 Å². The number of hydrogen-bond acceptors (Lipinski definition) is 7. The number of nitrogens with zero attached hydrogens (tertiary/aromatic N) is 1. The lowest BCUT2D eigenvalue weighted by Gasteiger charge is -2.32. The van der Waals surface area contributed by atoms with Crippen LogP contribution in [0.5, 0.6) is 11.5 Å². The number of methoxy groups -OCH3 is 2. The molecule has 2 aromatic rings. The van der Waals surface area contributed by atoms with Crippen LogP contribution in [0.3, 0.4) is 0 Å². The number of amides is 1. The fourth-order valence-corrected chi connectivity index (χ4v) is 5.40. The lowest BCUT2D eigenvalue weighted by molar-refractivity contribution is -0.112. The summed E-state index contributed by atoms with van der Waals surface area (Å²) in [5.74, 6) is -0.796. The van der Waals surface area contributed by atoms with Crippen LogP contribution in [0.15, 0.2) is 54.0 Å². The number of nitrogens with one attached hydrogen (secondary N) is 1. The molecule has 0 aliphatic carbocycles. The third-order valence-electron chi connectivity index (χ3n) is 5.24. The molecule has 1 aliphatic heterocycles. The summed E-state index contributed by atoms with van der Waals surface area (Å²) in [6, 6.07) is 9.38. The molecule has 3 rings (SSSR count). The Bertz CT molecular complexity index is 1280. The molecule has 1 N–H and O–H groups in total. The van der Waals surface area contributed by atoms with Gasteiger partial charge in [-0.15, -0.1) is 6.58 Å². The number of ether oxygens (including phenoxy) is 3. The van der Waals surface area contributed by atoms with Gasteiger partial charge in [-0.05, 0) is 37.6 Å². The molecule has 0 radical (unpaired) electrons. The first kappa shape index (κ1) is 24.8. The lowest BCUT2D eigenvalue weighted by atomic mass is 10.0. The molecule has 0 aromatic heterocycles. The molecule has 2 aromatic carbocycles. The van der Waals surface area contributed by atoms with Crippen LogP contribution in [0, 0.1) is 0 Å². The van der Waals surface area contributed by atoms with Gasteiger partial charge in [-0.25, -0.2) is 13.2 Å². The molecule has 10 heteroatoms. The maximum Gasteiger partial charge on any atom is 0.340 e. The van der Waals surface area contributed by atoms with Gasteiger partial charge in [0.15, 0.2) is 16.4 Å². The van der Waals surface area contributed by atoms with Gasteiger partial charge in [0.1, 0.15) is 0 Å². The van der Waals surface area contributed by atoms with Crippen LogP contribution in [0.2, 0.25) is 0 Å². The van der Waals surface area contributed by atoms with E-state index in [0.29, 0.717) is 22.7 Å². The molecule has 0 saturated carbocycles. The van der Waals surface area contributed by atoms with Gasteiger partial charge in [-0.3, -0.25) is 9.10 Å². The summed E-state index contributed by atoms with van der Waals surface area (Å²) >= 11 is 0. The molecular formula is C24H26N2O7S. The zero-order valence-corrected chi connectivity index (χ0v) is 20.2. The summed E-state index contributed by atoms with van der Waals surface area (Å²) in [7, 11) is -1.37. The molecule has 0 saturated heterocycles. The average Bonchev–Trinajstić information content (AvgIpc) is 2.81. The summed E-state index contributed by atoms with van der Waals surface area (Å²) in [6.07, 6.45) is 1.42. The molecule has 0 atom stereocenters. The van der Waals surface area contributed by atoms with Gasteiger partial charge in [0.2, 0.25) is 0 Å². The second kappa shape index (κ2) is 10.0. The standard InChI is InChI=1S/C24H26N2O7S/c1-6-12-26-19-14-21(32-5)20(31-4)13-17(19)15(3)22(34(26,29)30)23(27)25-18-11-9-8-10-16(18)24(28)33-7-2/h6,8-11,13-14H,1,7,12H2,2-5H3,(H,25,27). The van der Waals surface area contributed by atoms with Crippen molar-refractivity contribution in [3.05, 3.63) is 65.1 Å². The second-order valence-electron chi connectivity index (χ2n) is 7.22. The molecule has 180 valence electrons. The molecule has 1 aliphatic rings. The van der Waals surface area contributed by atoms with E-state index in [2.05, 4.69) is 11.9 Å². The van der Waals surface area contributed by atoms with E-state index in [9.17, 15) is 18.0 Å². The van der Waals surface area contributed by atoms with Crippen molar-refractivity contribution in [3.63, 3.8) is 0 Å². The van der Waals surface area contributed by atoms with Crippen LogP contribution in [-0.4, -0.2) is 47.7 Å². The Hall–Kier alpha value is -3.79. The van der Waals surface area contributed by atoms with Crippen molar-refractivity contribution in [2.75, 3.05) is 37.0 Å². The van der Waals surface area contributed by atoms with Crippen molar-refractivity contribution in [2.45, 2.75) is 13.8 Å². The van der Waals surface area contributed by atoms with E-state index in [4.69, 9.17) is 14.2 Å². The number of para-hydroxylation sites is 1. The Morgan fingerprint density at radius 2 is 1.76 bits per heavy atom. The number of esters is 1. The first-order valence-corrected chi connectivity index (χ1v) is 11.8. The van der Waals surface area contributed by atoms with Gasteiger partial charge in [-0.1, -0.05) is 18.2 Å². The number of fused-ring (bicyclic) bond motifs is 1. The Balaban J connectivity index is 2.17. The summed E-state index contributed by atoms with van der Waals surface area (Å²) in [6.45, 7) is 6.93. The fraction of sp³-hybridized carbons (Fsp3) is 0.250. The molecule has 0 bridgehead atoms. The third-order valence-corrected chi connectivity index (χ3v) is 7.17. The van der Waals surface area contributed by atoms with Gasteiger partial charge in [0.05, 0.1) is 44.3 Å². The fourth-order valence-electron chi connectivity index (χ4n) is 3.69. The highest BCUT2D eigenvalue weighted by Gasteiger charge is 2.40. The van der Waals surface area contributed by atoms with Crippen molar-refractivity contribution in [1.82, 2.24) is 0 Å². The van der Waals surface area contributed by atoms with Crippen LogP contribution in [0.25, 0.3) is 5.57 Å². The Kier molecular flexibility index (Phi) is 7.31.